The summed E-state index contributed by atoms with van der Waals surface area (Å²) in [6, 6.07) is 4.55. The number of hydrogen-bond acceptors (Lipinski definition) is 4. The van der Waals surface area contributed by atoms with Crippen molar-refractivity contribution in [2.75, 3.05) is 13.7 Å². The molecular formula is C16H18F3NO5. The molecule has 1 aromatic rings. The molecule has 1 heterocycles. The average molecular weight is 361 g/mol. The lowest BCUT2D eigenvalue weighted by molar-refractivity contribution is -0.274. The van der Waals surface area contributed by atoms with Crippen LogP contribution in [-0.2, 0) is 20.7 Å². The number of alkyl halides is 3. The van der Waals surface area contributed by atoms with E-state index in [-0.39, 0.29) is 30.6 Å². The Labute approximate surface area is 142 Å². The Morgan fingerprint density at radius 3 is 2.44 bits per heavy atom. The monoisotopic (exact) mass is 361 g/mol. The van der Waals surface area contributed by atoms with E-state index in [1.54, 1.807) is 0 Å². The van der Waals surface area contributed by atoms with Gasteiger partial charge in [-0.1, -0.05) is 12.1 Å². The van der Waals surface area contributed by atoms with Crippen molar-refractivity contribution in [1.82, 2.24) is 4.90 Å². The van der Waals surface area contributed by atoms with E-state index in [1.807, 2.05) is 0 Å². The van der Waals surface area contributed by atoms with Crippen LogP contribution in [0.1, 0.15) is 18.4 Å². The molecule has 2 rings (SSSR count). The second-order valence-electron chi connectivity index (χ2n) is 5.76. The average Bonchev–Trinajstić information content (AvgIpc) is 2.90. The molecule has 0 spiro atoms. The SMILES string of the molecule is COC1CC(CC(=O)O)N(C(=O)Cc2ccc(OC(F)(F)F)cc2)C1. The Morgan fingerprint density at radius 2 is 1.92 bits per heavy atom. The van der Waals surface area contributed by atoms with Crippen LogP contribution in [0.25, 0.3) is 0 Å². The van der Waals surface area contributed by atoms with Gasteiger partial charge in [0.1, 0.15) is 5.75 Å². The van der Waals surface area contributed by atoms with Gasteiger partial charge in [-0.3, -0.25) is 9.59 Å². The molecule has 0 radical (unpaired) electrons. The number of methoxy groups -OCH3 is 1. The van der Waals surface area contributed by atoms with E-state index in [0.29, 0.717) is 18.5 Å². The molecule has 1 amide bonds. The maximum atomic E-state index is 12.4. The zero-order chi connectivity index (χ0) is 18.6. The van der Waals surface area contributed by atoms with Crippen LogP contribution in [0, 0.1) is 0 Å². The molecule has 1 saturated heterocycles. The smallest absolute Gasteiger partial charge is 0.481 e. The molecule has 2 atom stereocenters. The number of nitrogens with zero attached hydrogens (tertiary/aromatic N) is 1. The van der Waals surface area contributed by atoms with Crippen molar-refractivity contribution in [1.29, 1.82) is 0 Å². The molecule has 1 aliphatic rings. The molecule has 9 heteroatoms. The lowest BCUT2D eigenvalue weighted by Gasteiger charge is -2.23. The number of aliphatic carboxylic acids is 1. The minimum atomic E-state index is -4.77. The van der Waals surface area contributed by atoms with E-state index in [1.165, 1.54) is 24.1 Å². The van der Waals surface area contributed by atoms with Crippen molar-refractivity contribution in [2.45, 2.75) is 37.8 Å². The van der Waals surface area contributed by atoms with Gasteiger partial charge >= 0.3 is 12.3 Å². The van der Waals surface area contributed by atoms with Gasteiger partial charge in [0.2, 0.25) is 5.91 Å². The summed E-state index contributed by atoms with van der Waals surface area (Å²) in [6.07, 6.45) is -4.78. The molecule has 6 nitrogen and oxygen atoms in total. The van der Waals surface area contributed by atoms with Crippen molar-refractivity contribution in [3.05, 3.63) is 29.8 Å². The molecular weight excluding hydrogens is 343 g/mol. The fraction of sp³-hybridized carbons (Fsp3) is 0.500. The number of carbonyl (C=O) groups excluding carboxylic acids is 1. The van der Waals surface area contributed by atoms with E-state index in [9.17, 15) is 22.8 Å². The van der Waals surface area contributed by atoms with Crippen molar-refractivity contribution in [2.24, 2.45) is 0 Å². The van der Waals surface area contributed by atoms with Gasteiger partial charge in [0, 0.05) is 19.7 Å². The predicted octanol–water partition coefficient (Wildman–Crippen LogP) is 2.22. The third kappa shape index (κ3) is 5.63. The molecule has 1 fully saturated rings. The molecule has 1 N–H and O–H groups in total. The highest BCUT2D eigenvalue weighted by Gasteiger charge is 2.36. The van der Waals surface area contributed by atoms with Gasteiger partial charge in [-0.15, -0.1) is 13.2 Å². The van der Waals surface area contributed by atoms with Crippen LogP contribution >= 0.6 is 0 Å². The number of carboxylic acids is 1. The molecule has 25 heavy (non-hydrogen) atoms. The first-order chi connectivity index (χ1) is 11.7. The number of carbonyl (C=O) groups is 2. The zero-order valence-electron chi connectivity index (χ0n) is 13.5. The van der Waals surface area contributed by atoms with Crippen LogP contribution in [0.15, 0.2) is 24.3 Å². The minimum Gasteiger partial charge on any atom is -0.481 e. The minimum absolute atomic E-state index is 0.0428. The normalized spacial score (nSPS) is 20.6. The van der Waals surface area contributed by atoms with E-state index in [0.717, 1.165) is 12.1 Å². The lowest BCUT2D eigenvalue weighted by Crippen LogP contribution is -2.38. The topological polar surface area (TPSA) is 76.1 Å². The van der Waals surface area contributed by atoms with Crippen LogP contribution in [-0.4, -0.2) is 54.0 Å². The molecule has 0 bridgehead atoms. The molecule has 0 aliphatic carbocycles. The fourth-order valence-electron chi connectivity index (χ4n) is 2.83. The van der Waals surface area contributed by atoms with Crippen molar-refractivity contribution in [3.8, 4) is 5.75 Å². The molecule has 138 valence electrons. The van der Waals surface area contributed by atoms with Gasteiger partial charge in [-0.2, -0.15) is 0 Å². The number of carboxylic acid groups (broad SMARTS) is 1. The summed E-state index contributed by atoms with van der Waals surface area (Å²) in [5.74, 6) is -1.67. The maximum absolute atomic E-state index is 12.4. The van der Waals surface area contributed by atoms with Crippen LogP contribution in [0.5, 0.6) is 5.75 Å². The Kier molecular flexibility index (Phi) is 5.89. The first kappa shape index (κ1) is 19.0. The zero-order valence-corrected chi connectivity index (χ0v) is 13.5. The first-order valence-corrected chi connectivity index (χ1v) is 7.56. The second-order valence-corrected chi connectivity index (χ2v) is 5.76. The van der Waals surface area contributed by atoms with Crippen LogP contribution in [0.2, 0.25) is 0 Å². The molecule has 1 aromatic carbocycles. The van der Waals surface area contributed by atoms with Gasteiger partial charge in [-0.25, -0.2) is 0 Å². The number of halogens is 3. The van der Waals surface area contributed by atoms with Crippen molar-refractivity contribution in [3.63, 3.8) is 0 Å². The van der Waals surface area contributed by atoms with Gasteiger partial charge in [0.05, 0.1) is 18.9 Å². The van der Waals surface area contributed by atoms with E-state index in [2.05, 4.69) is 4.74 Å². The van der Waals surface area contributed by atoms with Gasteiger partial charge in [-0.05, 0) is 24.1 Å². The number of amides is 1. The Morgan fingerprint density at radius 1 is 1.28 bits per heavy atom. The lowest BCUT2D eigenvalue weighted by atomic mass is 10.1. The van der Waals surface area contributed by atoms with Gasteiger partial charge in [0.25, 0.3) is 0 Å². The number of benzene rings is 1. The quantitative estimate of drug-likeness (QED) is 0.841. The maximum Gasteiger partial charge on any atom is 0.573 e. The van der Waals surface area contributed by atoms with Gasteiger partial charge < -0.3 is 19.5 Å². The Hall–Kier alpha value is -2.29. The number of likely N-dealkylation sites (tertiary alicyclic amines) is 1. The predicted molar refractivity (Wildman–Crippen MR) is 80.0 cm³/mol. The Balaban J connectivity index is 2.01. The summed E-state index contributed by atoms with van der Waals surface area (Å²) >= 11 is 0. The Bertz CT molecular complexity index is 617. The van der Waals surface area contributed by atoms with Crippen molar-refractivity contribution >= 4 is 11.9 Å². The highest BCUT2D eigenvalue weighted by molar-refractivity contribution is 5.80. The largest absolute Gasteiger partial charge is 0.573 e. The third-order valence-electron chi connectivity index (χ3n) is 3.95. The standard InChI is InChI=1S/C16H18F3NO5/c1-24-13-7-11(8-15(22)23)20(9-13)14(21)6-10-2-4-12(5-3-10)25-16(17,18)19/h2-5,11,13H,6-9H2,1H3,(H,22,23). The third-order valence-corrected chi connectivity index (χ3v) is 3.95. The summed E-state index contributed by atoms with van der Waals surface area (Å²) in [6.45, 7) is 0.294. The number of ether oxygens (including phenoxy) is 2. The fourth-order valence-corrected chi connectivity index (χ4v) is 2.83. The first-order valence-electron chi connectivity index (χ1n) is 7.56. The number of hydrogen-bond donors (Lipinski definition) is 1. The highest BCUT2D eigenvalue weighted by Crippen LogP contribution is 2.25. The molecule has 1 aliphatic heterocycles. The number of rotatable bonds is 6. The van der Waals surface area contributed by atoms with E-state index in [4.69, 9.17) is 9.84 Å². The van der Waals surface area contributed by atoms with Crippen molar-refractivity contribution < 1.29 is 37.3 Å². The van der Waals surface area contributed by atoms with Crippen LogP contribution in [0.3, 0.4) is 0 Å². The van der Waals surface area contributed by atoms with Crippen LogP contribution < -0.4 is 4.74 Å². The van der Waals surface area contributed by atoms with E-state index >= 15 is 0 Å². The highest BCUT2D eigenvalue weighted by atomic mass is 19.4. The summed E-state index contributed by atoms with van der Waals surface area (Å²) in [7, 11) is 1.50. The molecule has 0 saturated carbocycles. The second kappa shape index (κ2) is 7.73. The summed E-state index contributed by atoms with van der Waals surface area (Å²) < 4.78 is 45.4. The summed E-state index contributed by atoms with van der Waals surface area (Å²) in [5.41, 5.74) is 0.509. The van der Waals surface area contributed by atoms with Crippen LogP contribution in [0.4, 0.5) is 13.2 Å². The molecule has 2 unspecified atom stereocenters. The van der Waals surface area contributed by atoms with Gasteiger partial charge in [0.15, 0.2) is 0 Å². The van der Waals surface area contributed by atoms with E-state index < -0.39 is 18.4 Å². The summed E-state index contributed by atoms with van der Waals surface area (Å²) in [4.78, 5) is 24.9. The summed E-state index contributed by atoms with van der Waals surface area (Å²) in [5, 5.41) is 8.96. The molecule has 0 aromatic heterocycles.